The highest BCUT2D eigenvalue weighted by Crippen LogP contribution is 2.32. The van der Waals surface area contributed by atoms with Gasteiger partial charge in [-0.05, 0) is 6.08 Å². The molecule has 0 amide bonds. The van der Waals surface area contributed by atoms with E-state index in [1.165, 1.54) is 0 Å². The summed E-state index contributed by atoms with van der Waals surface area (Å²) in [4.78, 5) is 0. The fraction of sp³-hybridized carbons (Fsp3) is 0.143. The van der Waals surface area contributed by atoms with Crippen LogP contribution >= 0.6 is 0 Å². The zero-order chi connectivity index (χ0) is 7.14. The minimum absolute atomic E-state index is 0.111. The molecule has 4 N–H and O–H groups in total. The SMILES string of the molecule is NC1=C(N)C2C=CC=C2O1. The second-order valence-corrected chi connectivity index (χ2v) is 2.35. The summed E-state index contributed by atoms with van der Waals surface area (Å²) < 4.78 is 5.13. The Hall–Kier alpha value is -1.38. The maximum absolute atomic E-state index is 5.60. The van der Waals surface area contributed by atoms with Crippen LogP contribution in [0.15, 0.2) is 35.6 Å². The molecule has 0 radical (unpaired) electrons. The third-order valence-electron chi connectivity index (χ3n) is 1.72. The van der Waals surface area contributed by atoms with Crippen LogP contribution in [0.4, 0.5) is 0 Å². The lowest BCUT2D eigenvalue weighted by Crippen LogP contribution is -2.08. The topological polar surface area (TPSA) is 61.3 Å². The van der Waals surface area contributed by atoms with Gasteiger partial charge in [-0.1, -0.05) is 12.2 Å². The maximum atomic E-state index is 5.60. The highest BCUT2D eigenvalue weighted by molar-refractivity contribution is 5.37. The van der Waals surface area contributed by atoms with Crippen molar-refractivity contribution in [2.24, 2.45) is 17.4 Å². The van der Waals surface area contributed by atoms with Crippen molar-refractivity contribution in [3.05, 3.63) is 35.6 Å². The van der Waals surface area contributed by atoms with Crippen LogP contribution in [0.25, 0.3) is 0 Å². The Morgan fingerprint density at radius 3 is 2.90 bits per heavy atom. The van der Waals surface area contributed by atoms with E-state index in [9.17, 15) is 0 Å². The van der Waals surface area contributed by atoms with E-state index in [1.807, 2.05) is 18.2 Å². The van der Waals surface area contributed by atoms with Gasteiger partial charge in [0, 0.05) is 0 Å². The fourth-order valence-electron chi connectivity index (χ4n) is 1.15. The lowest BCUT2D eigenvalue weighted by molar-refractivity contribution is 0.311. The molecule has 0 saturated carbocycles. The van der Waals surface area contributed by atoms with Crippen molar-refractivity contribution in [1.29, 1.82) is 0 Å². The van der Waals surface area contributed by atoms with Gasteiger partial charge in [0.25, 0.3) is 0 Å². The highest BCUT2D eigenvalue weighted by Gasteiger charge is 2.28. The maximum Gasteiger partial charge on any atom is 0.210 e. The molecule has 0 aromatic carbocycles. The van der Waals surface area contributed by atoms with E-state index in [0.717, 1.165) is 5.76 Å². The van der Waals surface area contributed by atoms with E-state index in [4.69, 9.17) is 16.2 Å². The van der Waals surface area contributed by atoms with Gasteiger partial charge >= 0.3 is 0 Å². The number of hydrogen-bond acceptors (Lipinski definition) is 3. The molecule has 1 unspecified atom stereocenters. The van der Waals surface area contributed by atoms with Crippen LogP contribution in [-0.2, 0) is 4.74 Å². The molecule has 0 fully saturated rings. The zero-order valence-corrected chi connectivity index (χ0v) is 5.37. The van der Waals surface area contributed by atoms with Gasteiger partial charge in [0.05, 0.1) is 11.6 Å². The van der Waals surface area contributed by atoms with Crippen LogP contribution in [0.2, 0.25) is 0 Å². The van der Waals surface area contributed by atoms with E-state index >= 15 is 0 Å². The summed E-state index contributed by atoms with van der Waals surface area (Å²) in [5.41, 5.74) is 11.7. The molecule has 3 heteroatoms. The Morgan fingerprint density at radius 1 is 1.40 bits per heavy atom. The molecule has 1 aliphatic carbocycles. The molecule has 0 saturated heterocycles. The number of allylic oxidation sites excluding steroid dienone is 2. The van der Waals surface area contributed by atoms with Gasteiger partial charge in [-0.3, -0.25) is 0 Å². The second-order valence-electron chi connectivity index (χ2n) is 2.35. The van der Waals surface area contributed by atoms with Crippen molar-refractivity contribution in [2.45, 2.75) is 0 Å². The molecule has 1 heterocycles. The van der Waals surface area contributed by atoms with Crippen LogP contribution in [0.5, 0.6) is 0 Å². The van der Waals surface area contributed by atoms with E-state index in [0.29, 0.717) is 11.6 Å². The number of hydrogen-bond donors (Lipinski definition) is 2. The lowest BCUT2D eigenvalue weighted by Gasteiger charge is -1.98. The third kappa shape index (κ3) is 0.492. The van der Waals surface area contributed by atoms with Crippen LogP contribution < -0.4 is 11.5 Å². The first-order chi connectivity index (χ1) is 4.79. The minimum atomic E-state index is 0.111. The Kier molecular flexibility index (Phi) is 0.845. The summed E-state index contributed by atoms with van der Waals surface area (Å²) in [5.74, 6) is 1.30. The normalized spacial score (nSPS) is 28.4. The minimum Gasteiger partial charge on any atom is -0.443 e. The molecule has 10 heavy (non-hydrogen) atoms. The molecule has 0 aromatic heterocycles. The monoisotopic (exact) mass is 136 g/mol. The lowest BCUT2D eigenvalue weighted by atomic mass is 10.1. The Balaban J connectivity index is 2.41. The molecule has 0 aromatic rings. The van der Waals surface area contributed by atoms with Crippen molar-refractivity contribution < 1.29 is 4.74 Å². The zero-order valence-electron chi connectivity index (χ0n) is 5.37. The van der Waals surface area contributed by atoms with Gasteiger partial charge in [0.1, 0.15) is 5.76 Å². The summed E-state index contributed by atoms with van der Waals surface area (Å²) in [6.45, 7) is 0. The molecule has 2 rings (SSSR count). The van der Waals surface area contributed by atoms with Crippen molar-refractivity contribution in [2.75, 3.05) is 0 Å². The molecule has 52 valence electrons. The van der Waals surface area contributed by atoms with Gasteiger partial charge in [0.2, 0.25) is 5.88 Å². The summed E-state index contributed by atoms with van der Waals surface area (Å²) in [5, 5.41) is 0. The predicted octanol–water partition coefficient (Wildman–Crippen LogP) is 0.173. The first-order valence-corrected chi connectivity index (χ1v) is 3.10. The van der Waals surface area contributed by atoms with Gasteiger partial charge < -0.3 is 16.2 Å². The first-order valence-electron chi connectivity index (χ1n) is 3.10. The molecule has 0 spiro atoms. The van der Waals surface area contributed by atoms with Crippen molar-refractivity contribution in [3.8, 4) is 0 Å². The Morgan fingerprint density at radius 2 is 2.20 bits per heavy atom. The molecular formula is C7H8N2O. The number of ether oxygens (including phenoxy) is 1. The van der Waals surface area contributed by atoms with Crippen LogP contribution in [-0.4, -0.2) is 0 Å². The predicted molar refractivity (Wildman–Crippen MR) is 37.2 cm³/mol. The number of nitrogens with two attached hydrogens (primary N) is 2. The Bertz CT molecular complexity index is 263. The first kappa shape index (κ1) is 5.41. The summed E-state index contributed by atoms with van der Waals surface area (Å²) in [7, 11) is 0. The molecule has 1 atom stereocenters. The summed E-state index contributed by atoms with van der Waals surface area (Å²) in [6, 6.07) is 0. The quantitative estimate of drug-likeness (QED) is 0.499. The van der Waals surface area contributed by atoms with Gasteiger partial charge in [-0.25, -0.2) is 0 Å². The van der Waals surface area contributed by atoms with E-state index in [2.05, 4.69) is 0 Å². The van der Waals surface area contributed by atoms with Crippen molar-refractivity contribution in [3.63, 3.8) is 0 Å². The van der Waals surface area contributed by atoms with Crippen molar-refractivity contribution >= 4 is 0 Å². The second kappa shape index (κ2) is 1.56. The molecule has 0 bridgehead atoms. The number of fused-ring (bicyclic) bond motifs is 1. The average molecular weight is 136 g/mol. The van der Waals surface area contributed by atoms with Gasteiger partial charge in [-0.15, -0.1) is 0 Å². The summed E-state index contributed by atoms with van der Waals surface area (Å²) in [6.07, 6.45) is 5.75. The van der Waals surface area contributed by atoms with Crippen LogP contribution in [0.1, 0.15) is 0 Å². The standard InChI is InChI=1S/C7H8N2O/c8-6-4-2-1-3-5(4)10-7(6)9/h1-4H,8-9H2. The van der Waals surface area contributed by atoms with Crippen LogP contribution in [0.3, 0.4) is 0 Å². The average Bonchev–Trinajstić information content (AvgIpc) is 2.41. The largest absolute Gasteiger partial charge is 0.443 e. The highest BCUT2D eigenvalue weighted by atomic mass is 16.5. The fourth-order valence-corrected chi connectivity index (χ4v) is 1.15. The molecule has 2 aliphatic rings. The van der Waals surface area contributed by atoms with Crippen LogP contribution in [0, 0.1) is 5.92 Å². The van der Waals surface area contributed by atoms with Gasteiger partial charge in [0.15, 0.2) is 0 Å². The molecular weight excluding hydrogens is 128 g/mol. The van der Waals surface area contributed by atoms with Crippen molar-refractivity contribution in [1.82, 2.24) is 0 Å². The third-order valence-corrected chi connectivity index (χ3v) is 1.72. The molecule has 1 aliphatic heterocycles. The van der Waals surface area contributed by atoms with E-state index in [-0.39, 0.29) is 5.92 Å². The smallest absolute Gasteiger partial charge is 0.210 e. The van der Waals surface area contributed by atoms with E-state index < -0.39 is 0 Å². The number of rotatable bonds is 0. The summed E-state index contributed by atoms with van der Waals surface area (Å²) >= 11 is 0. The Labute approximate surface area is 58.6 Å². The molecule has 3 nitrogen and oxygen atoms in total. The van der Waals surface area contributed by atoms with Gasteiger partial charge in [-0.2, -0.15) is 0 Å². The van der Waals surface area contributed by atoms with E-state index in [1.54, 1.807) is 0 Å².